The maximum Gasteiger partial charge on any atom is 0.418 e. The fourth-order valence-corrected chi connectivity index (χ4v) is 2.87. The van der Waals surface area contributed by atoms with Crippen molar-refractivity contribution in [3.63, 3.8) is 0 Å². The molecule has 1 heterocycles. The third-order valence-electron chi connectivity index (χ3n) is 4.18. The number of carbonyl (C=O) groups is 1. The zero-order valence-corrected chi connectivity index (χ0v) is 14.1. The van der Waals surface area contributed by atoms with Crippen LogP contribution in [0.2, 0.25) is 0 Å². The molecule has 0 aliphatic carbocycles. The summed E-state index contributed by atoms with van der Waals surface area (Å²) in [6, 6.07) is 12.4. The van der Waals surface area contributed by atoms with Gasteiger partial charge in [0.15, 0.2) is 0 Å². The lowest BCUT2D eigenvalue weighted by atomic mass is 10.1. The number of alkyl halides is 3. The first-order chi connectivity index (χ1) is 12.4. The number of nitrogens with one attached hydrogen (secondary N) is 1. The molecular formula is C19H19F3N2O2. The van der Waals surface area contributed by atoms with Gasteiger partial charge >= 0.3 is 6.18 Å². The largest absolute Gasteiger partial charge is 0.418 e. The molecule has 0 atom stereocenters. The van der Waals surface area contributed by atoms with Gasteiger partial charge in [0.05, 0.1) is 30.9 Å². The van der Waals surface area contributed by atoms with Gasteiger partial charge in [-0.1, -0.05) is 24.3 Å². The van der Waals surface area contributed by atoms with E-state index in [0.717, 1.165) is 30.4 Å². The number of rotatable bonds is 4. The Hall–Kier alpha value is -2.54. The molecule has 0 aromatic heterocycles. The van der Waals surface area contributed by atoms with E-state index in [1.54, 1.807) is 0 Å². The zero-order chi connectivity index (χ0) is 18.6. The minimum absolute atomic E-state index is 0.00951. The third-order valence-corrected chi connectivity index (χ3v) is 4.18. The smallest absolute Gasteiger partial charge is 0.378 e. The predicted octanol–water partition coefficient (Wildman–Crippen LogP) is 3.72. The molecule has 2 aromatic rings. The molecule has 2 aromatic carbocycles. The SMILES string of the molecule is O=C(Cc1ccc(N2CCOCC2)cc1)Nc1ccccc1C(F)(F)F. The van der Waals surface area contributed by atoms with Crippen molar-refractivity contribution in [3.8, 4) is 0 Å². The van der Waals surface area contributed by atoms with Gasteiger partial charge in [0.25, 0.3) is 0 Å². The van der Waals surface area contributed by atoms with Gasteiger partial charge in [-0.05, 0) is 29.8 Å². The second kappa shape index (κ2) is 7.78. The molecule has 26 heavy (non-hydrogen) atoms. The van der Waals surface area contributed by atoms with E-state index in [1.807, 2.05) is 24.3 Å². The van der Waals surface area contributed by atoms with E-state index in [-0.39, 0.29) is 12.1 Å². The van der Waals surface area contributed by atoms with Crippen molar-refractivity contribution in [3.05, 3.63) is 59.7 Å². The van der Waals surface area contributed by atoms with Gasteiger partial charge in [0.2, 0.25) is 5.91 Å². The lowest BCUT2D eigenvalue weighted by Crippen LogP contribution is -2.36. The summed E-state index contributed by atoms with van der Waals surface area (Å²) in [6.45, 7) is 2.99. The van der Waals surface area contributed by atoms with Gasteiger partial charge in [-0.25, -0.2) is 0 Å². The molecule has 0 saturated carbocycles. The molecule has 3 rings (SSSR count). The van der Waals surface area contributed by atoms with E-state index in [0.29, 0.717) is 13.2 Å². The van der Waals surface area contributed by atoms with Crippen molar-refractivity contribution in [2.75, 3.05) is 36.5 Å². The van der Waals surface area contributed by atoms with E-state index < -0.39 is 17.6 Å². The Morgan fingerprint density at radius 3 is 2.35 bits per heavy atom. The van der Waals surface area contributed by atoms with Crippen molar-refractivity contribution in [2.24, 2.45) is 0 Å². The molecule has 1 amide bonds. The van der Waals surface area contributed by atoms with E-state index in [4.69, 9.17) is 4.74 Å². The van der Waals surface area contributed by atoms with Crippen LogP contribution in [0.5, 0.6) is 0 Å². The number of anilines is 2. The predicted molar refractivity (Wildman–Crippen MR) is 93.3 cm³/mol. The van der Waals surface area contributed by atoms with Crippen molar-refractivity contribution in [1.29, 1.82) is 0 Å². The number of para-hydroxylation sites is 1. The summed E-state index contributed by atoms with van der Waals surface area (Å²) >= 11 is 0. The van der Waals surface area contributed by atoms with Crippen LogP contribution < -0.4 is 10.2 Å². The van der Waals surface area contributed by atoms with Crippen molar-refractivity contribution >= 4 is 17.3 Å². The third kappa shape index (κ3) is 4.54. The molecular weight excluding hydrogens is 345 g/mol. The van der Waals surface area contributed by atoms with Crippen LogP contribution in [-0.4, -0.2) is 32.2 Å². The number of hydrogen-bond acceptors (Lipinski definition) is 3. The van der Waals surface area contributed by atoms with Crippen molar-refractivity contribution < 1.29 is 22.7 Å². The van der Waals surface area contributed by atoms with Crippen molar-refractivity contribution in [2.45, 2.75) is 12.6 Å². The highest BCUT2D eigenvalue weighted by Gasteiger charge is 2.33. The number of morpholine rings is 1. The molecule has 4 nitrogen and oxygen atoms in total. The van der Waals surface area contributed by atoms with E-state index in [2.05, 4.69) is 10.2 Å². The molecule has 1 N–H and O–H groups in total. The average Bonchev–Trinajstić information content (AvgIpc) is 2.62. The summed E-state index contributed by atoms with van der Waals surface area (Å²) in [5.74, 6) is -0.485. The molecule has 0 spiro atoms. The maximum atomic E-state index is 13.0. The molecule has 0 radical (unpaired) electrons. The fraction of sp³-hybridized carbons (Fsp3) is 0.316. The molecule has 0 bridgehead atoms. The number of nitrogens with zero attached hydrogens (tertiary/aromatic N) is 1. The van der Waals surface area contributed by atoms with Gasteiger partial charge in [-0.15, -0.1) is 0 Å². The first-order valence-corrected chi connectivity index (χ1v) is 8.31. The number of benzene rings is 2. The van der Waals surface area contributed by atoms with Crippen LogP contribution >= 0.6 is 0 Å². The van der Waals surface area contributed by atoms with Crippen LogP contribution in [0.3, 0.4) is 0 Å². The highest BCUT2D eigenvalue weighted by molar-refractivity contribution is 5.93. The van der Waals surface area contributed by atoms with E-state index in [9.17, 15) is 18.0 Å². The molecule has 138 valence electrons. The van der Waals surface area contributed by atoms with Gasteiger partial charge in [-0.3, -0.25) is 4.79 Å². The lowest BCUT2D eigenvalue weighted by Gasteiger charge is -2.28. The Morgan fingerprint density at radius 2 is 1.69 bits per heavy atom. The summed E-state index contributed by atoms with van der Waals surface area (Å²) in [5, 5.41) is 2.36. The van der Waals surface area contributed by atoms with Crippen LogP contribution in [0, 0.1) is 0 Å². The van der Waals surface area contributed by atoms with Gasteiger partial charge in [-0.2, -0.15) is 13.2 Å². The first-order valence-electron chi connectivity index (χ1n) is 8.31. The quantitative estimate of drug-likeness (QED) is 0.899. The zero-order valence-electron chi connectivity index (χ0n) is 14.1. The number of halogens is 3. The standard InChI is InChI=1S/C19H19F3N2O2/c20-19(21,22)16-3-1-2-4-17(16)23-18(25)13-14-5-7-15(8-6-14)24-9-11-26-12-10-24/h1-8H,9-13H2,(H,23,25). The summed E-state index contributed by atoms with van der Waals surface area (Å²) in [5.41, 5.74) is 0.704. The second-order valence-electron chi connectivity index (χ2n) is 6.03. The van der Waals surface area contributed by atoms with Gasteiger partial charge in [0, 0.05) is 18.8 Å². The summed E-state index contributed by atoms with van der Waals surface area (Å²) in [6.07, 6.45) is -4.50. The second-order valence-corrected chi connectivity index (χ2v) is 6.03. The Kier molecular flexibility index (Phi) is 5.46. The molecule has 1 aliphatic heterocycles. The van der Waals surface area contributed by atoms with Crippen LogP contribution in [0.25, 0.3) is 0 Å². The molecule has 0 unspecified atom stereocenters. The number of amides is 1. The Labute approximate surface area is 149 Å². The lowest BCUT2D eigenvalue weighted by molar-refractivity contribution is -0.137. The molecule has 1 fully saturated rings. The average molecular weight is 364 g/mol. The van der Waals surface area contributed by atoms with E-state index >= 15 is 0 Å². The monoisotopic (exact) mass is 364 g/mol. The van der Waals surface area contributed by atoms with E-state index in [1.165, 1.54) is 18.2 Å². The molecule has 7 heteroatoms. The highest BCUT2D eigenvalue weighted by atomic mass is 19.4. The summed E-state index contributed by atoms with van der Waals surface area (Å²) in [7, 11) is 0. The maximum absolute atomic E-state index is 13.0. The van der Waals surface area contributed by atoms with Crippen LogP contribution in [-0.2, 0) is 22.1 Å². The summed E-state index contributed by atoms with van der Waals surface area (Å²) in [4.78, 5) is 14.3. The first kappa shape index (κ1) is 18.3. The Bertz CT molecular complexity index is 754. The topological polar surface area (TPSA) is 41.6 Å². The fourth-order valence-electron chi connectivity index (χ4n) is 2.87. The minimum atomic E-state index is -4.51. The van der Waals surface area contributed by atoms with Crippen LogP contribution in [0.1, 0.15) is 11.1 Å². The normalized spacial score (nSPS) is 15.0. The highest BCUT2D eigenvalue weighted by Crippen LogP contribution is 2.34. The molecule has 1 aliphatic rings. The van der Waals surface area contributed by atoms with Crippen molar-refractivity contribution in [1.82, 2.24) is 0 Å². The molecule has 1 saturated heterocycles. The summed E-state index contributed by atoms with van der Waals surface area (Å²) < 4.78 is 44.3. The van der Waals surface area contributed by atoms with Crippen LogP contribution in [0.15, 0.2) is 48.5 Å². The minimum Gasteiger partial charge on any atom is -0.378 e. The Morgan fingerprint density at radius 1 is 1.04 bits per heavy atom. The Balaban J connectivity index is 1.64. The van der Waals surface area contributed by atoms with Crippen LogP contribution in [0.4, 0.5) is 24.5 Å². The van der Waals surface area contributed by atoms with Gasteiger partial charge < -0.3 is 15.0 Å². The number of hydrogen-bond donors (Lipinski definition) is 1. The van der Waals surface area contributed by atoms with Gasteiger partial charge in [0.1, 0.15) is 0 Å². The number of carbonyl (C=O) groups excluding carboxylic acids is 1. The number of ether oxygens (including phenoxy) is 1.